The number of likely N-dealkylation sites (N-methyl/N-ethyl adjacent to an activating group) is 1. The minimum atomic E-state index is -0.212. The van der Waals surface area contributed by atoms with Crippen molar-refractivity contribution in [3.63, 3.8) is 0 Å². The third-order valence-corrected chi connectivity index (χ3v) is 4.70. The molecule has 0 aliphatic heterocycles. The van der Waals surface area contributed by atoms with E-state index in [1.54, 1.807) is 0 Å². The fourth-order valence-corrected chi connectivity index (χ4v) is 3.44. The highest BCUT2D eigenvalue weighted by molar-refractivity contribution is 9.10. The van der Waals surface area contributed by atoms with E-state index in [0.717, 1.165) is 18.5 Å². The lowest BCUT2D eigenvalue weighted by Crippen LogP contribution is -2.22. The number of hydrogen-bond donors (Lipinski definition) is 1. The van der Waals surface area contributed by atoms with Crippen molar-refractivity contribution in [1.82, 2.24) is 5.32 Å². The van der Waals surface area contributed by atoms with E-state index >= 15 is 0 Å². The molecule has 1 aromatic heterocycles. The fraction of sp³-hybridized carbons (Fsp3) is 0.333. The van der Waals surface area contributed by atoms with Gasteiger partial charge in [0.15, 0.2) is 0 Å². The molecule has 0 spiro atoms. The molecule has 0 fully saturated rings. The van der Waals surface area contributed by atoms with Gasteiger partial charge in [0.1, 0.15) is 5.82 Å². The number of benzene rings is 1. The van der Waals surface area contributed by atoms with Crippen LogP contribution in [0.2, 0.25) is 0 Å². The topological polar surface area (TPSA) is 12.0 Å². The Bertz CT molecular complexity index is 553. The van der Waals surface area contributed by atoms with Crippen LogP contribution in [-0.2, 0) is 6.42 Å². The number of hydrogen-bond acceptors (Lipinski definition) is 2. The normalized spacial score (nSPS) is 12.6. The molecular weight excluding hydrogens is 325 g/mol. The average Bonchev–Trinajstić information content (AvgIpc) is 2.80. The van der Waals surface area contributed by atoms with Crippen molar-refractivity contribution in [2.24, 2.45) is 0 Å². The molecule has 0 amide bonds. The summed E-state index contributed by atoms with van der Waals surface area (Å²) >= 11 is 5.06. The minimum absolute atomic E-state index is 0.212. The molecule has 0 bridgehead atoms. The van der Waals surface area contributed by atoms with Gasteiger partial charge in [0.05, 0.1) is 4.47 Å². The zero-order chi connectivity index (χ0) is 13.8. The van der Waals surface area contributed by atoms with Gasteiger partial charge < -0.3 is 5.32 Å². The maximum absolute atomic E-state index is 13.3. The third kappa shape index (κ3) is 3.88. The Morgan fingerprint density at radius 1 is 1.32 bits per heavy atom. The van der Waals surface area contributed by atoms with Gasteiger partial charge in [0.2, 0.25) is 0 Å². The molecule has 0 aliphatic carbocycles. The van der Waals surface area contributed by atoms with Crippen LogP contribution in [0.1, 0.15) is 28.3 Å². The van der Waals surface area contributed by atoms with Crippen LogP contribution in [0, 0.1) is 12.7 Å². The first kappa shape index (κ1) is 14.7. The zero-order valence-corrected chi connectivity index (χ0v) is 13.4. The van der Waals surface area contributed by atoms with E-state index in [0.29, 0.717) is 10.5 Å². The van der Waals surface area contributed by atoms with Crippen LogP contribution in [0.15, 0.2) is 34.8 Å². The molecule has 1 heterocycles. The van der Waals surface area contributed by atoms with Crippen LogP contribution >= 0.6 is 27.3 Å². The first-order valence-corrected chi connectivity index (χ1v) is 7.94. The van der Waals surface area contributed by atoms with E-state index < -0.39 is 0 Å². The van der Waals surface area contributed by atoms with Crippen LogP contribution in [-0.4, -0.2) is 6.54 Å². The number of rotatable bonds is 5. The molecule has 1 nitrogen and oxygen atoms in total. The highest BCUT2D eigenvalue weighted by atomic mass is 79.9. The van der Waals surface area contributed by atoms with Gasteiger partial charge in [-0.1, -0.05) is 13.0 Å². The summed E-state index contributed by atoms with van der Waals surface area (Å²) in [5.74, 6) is -0.212. The molecule has 1 N–H and O–H groups in total. The van der Waals surface area contributed by atoms with Gasteiger partial charge in [-0.05, 0) is 65.6 Å². The van der Waals surface area contributed by atoms with Crippen molar-refractivity contribution in [3.8, 4) is 0 Å². The Balaban J connectivity index is 2.18. The first-order valence-electron chi connectivity index (χ1n) is 6.33. The Morgan fingerprint density at radius 2 is 2.11 bits per heavy atom. The van der Waals surface area contributed by atoms with E-state index in [9.17, 15) is 4.39 Å². The Hall–Kier alpha value is -0.710. The molecule has 1 aromatic carbocycles. The molecule has 0 saturated heterocycles. The molecule has 19 heavy (non-hydrogen) atoms. The van der Waals surface area contributed by atoms with Crippen LogP contribution < -0.4 is 5.32 Å². The monoisotopic (exact) mass is 341 g/mol. The third-order valence-electron chi connectivity index (χ3n) is 2.98. The van der Waals surface area contributed by atoms with E-state index in [-0.39, 0.29) is 5.82 Å². The summed E-state index contributed by atoms with van der Waals surface area (Å²) in [6, 6.07) is 9.84. The van der Waals surface area contributed by atoms with Gasteiger partial charge in [-0.2, -0.15) is 0 Å². The predicted octanol–water partition coefficient (Wildman–Crippen LogP) is 4.85. The number of thiophene rings is 1. The van der Waals surface area contributed by atoms with Crippen LogP contribution in [0.5, 0.6) is 0 Å². The predicted molar refractivity (Wildman–Crippen MR) is 83.3 cm³/mol. The largest absolute Gasteiger partial charge is 0.309 e. The van der Waals surface area contributed by atoms with Crippen molar-refractivity contribution in [3.05, 3.63) is 55.9 Å². The van der Waals surface area contributed by atoms with E-state index in [1.807, 2.05) is 23.5 Å². The van der Waals surface area contributed by atoms with Crippen molar-refractivity contribution >= 4 is 27.3 Å². The second-order valence-corrected chi connectivity index (χ2v) is 6.69. The molecule has 102 valence electrons. The number of nitrogens with one attached hydrogen (secondary N) is 1. The van der Waals surface area contributed by atoms with Gasteiger partial charge in [-0.25, -0.2) is 4.39 Å². The van der Waals surface area contributed by atoms with Gasteiger partial charge in [0.25, 0.3) is 0 Å². The zero-order valence-electron chi connectivity index (χ0n) is 11.0. The molecule has 2 aromatic rings. The van der Waals surface area contributed by atoms with Crippen molar-refractivity contribution in [1.29, 1.82) is 0 Å². The lowest BCUT2D eigenvalue weighted by molar-refractivity contribution is 0.556. The molecule has 4 heteroatoms. The van der Waals surface area contributed by atoms with Gasteiger partial charge in [-0.3, -0.25) is 0 Å². The Morgan fingerprint density at radius 3 is 2.68 bits per heavy atom. The Kier molecular flexibility index (Phi) is 5.13. The average molecular weight is 342 g/mol. The van der Waals surface area contributed by atoms with E-state index in [4.69, 9.17) is 0 Å². The molecular formula is C15H17BrFNS. The second kappa shape index (κ2) is 6.64. The molecule has 1 atom stereocenters. The summed E-state index contributed by atoms with van der Waals surface area (Å²) in [6.07, 6.45) is 0.868. The maximum atomic E-state index is 13.3. The van der Waals surface area contributed by atoms with Crippen molar-refractivity contribution in [2.75, 3.05) is 6.54 Å². The fourth-order valence-electron chi connectivity index (χ4n) is 2.06. The van der Waals surface area contributed by atoms with Crippen molar-refractivity contribution in [2.45, 2.75) is 26.3 Å². The summed E-state index contributed by atoms with van der Waals surface area (Å²) in [5, 5.41) is 3.50. The smallest absolute Gasteiger partial charge is 0.137 e. The second-order valence-electron chi connectivity index (χ2n) is 4.51. The summed E-state index contributed by atoms with van der Waals surface area (Å²) in [5.41, 5.74) is 1.13. The molecule has 1 unspecified atom stereocenters. The number of aryl methyl sites for hydroxylation is 1. The highest BCUT2D eigenvalue weighted by Gasteiger charge is 2.13. The standard InChI is InChI=1S/C15H17BrFNS/c1-3-18-14(15-7-4-10(2)19-15)9-11-5-6-13(17)12(16)8-11/h4-8,14,18H,3,9H2,1-2H3. The van der Waals surface area contributed by atoms with Gasteiger partial charge >= 0.3 is 0 Å². The summed E-state index contributed by atoms with van der Waals surface area (Å²) in [7, 11) is 0. The highest BCUT2D eigenvalue weighted by Crippen LogP contribution is 2.27. The quantitative estimate of drug-likeness (QED) is 0.819. The first-order chi connectivity index (χ1) is 9.10. The lowest BCUT2D eigenvalue weighted by atomic mass is 10.0. The van der Waals surface area contributed by atoms with Crippen molar-refractivity contribution < 1.29 is 4.39 Å². The molecule has 0 radical (unpaired) electrons. The van der Waals surface area contributed by atoms with E-state index in [2.05, 4.69) is 47.2 Å². The van der Waals surface area contributed by atoms with Gasteiger partial charge in [0, 0.05) is 15.8 Å². The van der Waals surface area contributed by atoms with E-state index in [1.165, 1.54) is 15.8 Å². The molecule has 0 saturated carbocycles. The van der Waals surface area contributed by atoms with Crippen LogP contribution in [0.3, 0.4) is 0 Å². The van der Waals surface area contributed by atoms with Crippen LogP contribution in [0.4, 0.5) is 4.39 Å². The maximum Gasteiger partial charge on any atom is 0.137 e. The molecule has 2 rings (SSSR count). The summed E-state index contributed by atoms with van der Waals surface area (Å²) < 4.78 is 13.8. The number of halogens is 2. The Labute approximate surface area is 126 Å². The summed E-state index contributed by atoms with van der Waals surface area (Å²) in [6.45, 7) is 5.14. The van der Waals surface area contributed by atoms with Crippen LogP contribution in [0.25, 0.3) is 0 Å². The molecule has 0 aliphatic rings. The van der Waals surface area contributed by atoms with Gasteiger partial charge in [-0.15, -0.1) is 11.3 Å². The lowest BCUT2D eigenvalue weighted by Gasteiger charge is -2.16. The minimum Gasteiger partial charge on any atom is -0.309 e. The summed E-state index contributed by atoms with van der Waals surface area (Å²) in [4.78, 5) is 2.65. The SMILES string of the molecule is CCNC(Cc1ccc(F)c(Br)c1)c1ccc(C)s1.